The summed E-state index contributed by atoms with van der Waals surface area (Å²) in [4.78, 5) is 18.0. The van der Waals surface area contributed by atoms with Crippen LogP contribution in [0.2, 0.25) is 0 Å². The van der Waals surface area contributed by atoms with Gasteiger partial charge < -0.3 is 9.15 Å². The Bertz CT molecular complexity index is 422. The lowest BCUT2D eigenvalue weighted by atomic mass is 10.5. The maximum Gasteiger partial charge on any atom is 0.382 e. The van der Waals surface area contributed by atoms with Gasteiger partial charge in [-0.05, 0) is 0 Å². The van der Waals surface area contributed by atoms with Crippen LogP contribution in [0.4, 0.5) is 0 Å². The van der Waals surface area contributed by atoms with Crippen molar-refractivity contribution in [2.24, 2.45) is 0 Å². The molecule has 0 aromatic carbocycles. The van der Waals surface area contributed by atoms with Crippen LogP contribution in [0, 0.1) is 6.20 Å². The van der Waals surface area contributed by atoms with Gasteiger partial charge in [-0.2, -0.15) is 4.98 Å². The largest absolute Gasteiger partial charge is 0.478 e. The van der Waals surface area contributed by atoms with Crippen LogP contribution < -0.4 is 10.4 Å². The number of ether oxygens (including phenoxy) is 1. The van der Waals surface area contributed by atoms with E-state index >= 15 is 0 Å². The third-order valence-electron chi connectivity index (χ3n) is 1.24. The summed E-state index contributed by atoms with van der Waals surface area (Å²) in [5.41, 5.74) is -0.427. The Hall–Kier alpha value is -1.65. The Balaban J connectivity index is 2.87. The van der Waals surface area contributed by atoms with Crippen LogP contribution in [0.15, 0.2) is 9.21 Å². The van der Waals surface area contributed by atoms with E-state index in [2.05, 4.69) is 20.6 Å². The molecule has 11 heavy (non-hydrogen) atoms. The van der Waals surface area contributed by atoms with Crippen molar-refractivity contribution in [2.75, 3.05) is 7.11 Å². The molecular weight excluding hydrogens is 148 g/mol. The van der Waals surface area contributed by atoms with Crippen molar-refractivity contribution in [1.29, 1.82) is 0 Å². The molecule has 5 nitrogen and oxygen atoms in total. The monoisotopic (exact) mass is 151 g/mol. The van der Waals surface area contributed by atoms with Crippen LogP contribution >= 0.6 is 0 Å². The van der Waals surface area contributed by atoms with E-state index in [-0.39, 0.29) is 17.1 Å². The molecule has 3 aromatic rings. The predicted octanol–water partition coefficient (Wildman–Crippen LogP) is -0.170. The highest BCUT2D eigenvalue weighted by molar-refractivity contribution is 5.54. The fourth-order valence-corrected chi connectivity index (χ4v) is 0.758. The van der Waals surface area contributed by atoms with Crippen LogP contribution in [-0.2, 0) is 0 Å². The molecule has 2 bridgehead atoms. The smallest absolute Gasteiger partial charge is 0.382 e. The number of hydrogen-bond acceptors (Lipinski definition) is 5. The highest BCUT2D eigenvalue weighted by Crippen LogP contribution is 2.14. The summed E-state index contributed by atoms with van der Waals surface area (Å²) in [7, 11) is 1.43. The first-order valence-electron chi connectivity index (χ1n) is 2.87. The maximum absolute atomic E-state index is 10.7. The lowest BCUT2D eigenvalue weighted by molar-refractivity contribution is 0.384. The number of methoxy groups -OCH3 is 1. The molecule has 0 amide bonds. The maximum atomic E-state index is 10.7. The number of hydrogen-bond donors (Lipinski definition) is 0. The van der Waals surface area contributed by atoms with E-state index in [4.69, 9.17) is 4.74 Å². The molecule has 1 radical (unpaired) electrons. The molecule has 0 atom stereocenters. The summed E-state index contributed by atoms with van der Waals surface area (Å²) in [6.07, 6.45) is 2.46. The second-order valence-electron chi connectivity index (χ2n) is 1.89. The van der Waals surface area contributed by atoms with E-state index in [1.54, 1.807) is 0 Å². The van der Waals surface area contributed by atoms with E-state index in [1.165, 1.54) is 7.11 Å². The fourth-order valence-electron chi connectivity index (χ4n) is 0.758. The zero-order valence-electron chi connectivity index (χ0n) is 5.62. The molecule has 0 N–H and O–H groups in total. The normalized spacial score (nSPS) is 10.6. The lowest BCUT2D eigenvalue weighted by Gasteiger charge is -1.99. The SMILES string of the molecule is COc1nc2n[c]c1oc2=O. The van der Waals surface area contributed by atoms with Gasteiger partial charge in [0.05, 0.1) is 7.11 Å². The predicted molar refractivity (Wildman–Crippen MR) is 34.6 cm³/mol. The molecule has 0 spiro atoms. The summed E-state index contributed by atoms with van der Waals surface area (Å²) in [5.74, 6) is 0.245. The molecule has 3 heterocycles. The third-order valence-corrected chi connectivity index (χ3v) is 1.24. The Kier molecular flexibility index (Phi) is 1.06. The van der Waals surface area contributed by atoms with Crippen molar-refractivity contribution >= 4 is 11.2 Å². The van der Waals surface area contributed by atoms with E-state index in [1.807, 2.05) is 0 Å². The van der Waals surface area contributed by atoms with Gasteiger partial charge in [-0.25, -0.2) is 9.78 Å². The van der Waals surface area contributed by atoms with Gasteiger partial charge in [0.15, 0.2) is 0 Å². The van der Waals surface area contributed by atoms with Gasteiger partial charge in [0, 0.05) is 0 Å². The average Bonchev–Trinajstić information content (AvgIpc) is 2.05. The Morgan fingerprint density at radius 1 is 1.64 bits per heavy atom. The van der Waals surface area contributed by atoms with Crippen LogP contribution in [0.3, 0.4) is 0 Å². The molecule has 0 aliphatic heterocycles. The quantitative estimate of drug-likeness (QED) is 0.566. The lowest BCUT2D eigenvalue weighted by Crippen LogP contribution is -2.07. The minimum atomic E-state index is -0.556. The molecule has 0 aliphatic rings. The van der Waals surface area contributed by atoms with Crippen molar-refractivity contribution < 1.29 is 9.15 Å². The van der Waals surface area contributed by atoms with Crippen molar-refractivity contribution in [3.8, 4) is 5.88 Å². The molecule has 0 saturated heterocycles. The van der Waals surface area contributed by atoms with E-state index in [0.717, 1.165) is 0 Å². The summed E-state index contributed by atoms with van der Waals surface area (Å²) in [5, 5.41) is 0. The minimum Gasteiger partial charge on any atom is -0.478 e. The van der Waals surface area contributed by atoms with Crippen LogP contribution in [0.25, 0.3) is 11.2 Å². The molecule has 0 unspecified atom stereocenters. The molecule has 0 aliphatic carbocycles. The topological polar surface area (TPSA) is 65.2 Å². The number of fused-ring (bicyclic) bond motifs is 3. The first-order valence-corrected chi connectivity index (χ1v) is 2.87. The van der Waals surface area contributed by atoms with Crippen molar-refractivity contribution in [2.45, 2.75) is 0 Å². The van der Waals surface area contributed by atoms with E-state index in [9.17, 15) is 4.79 Å². The van der Waals surface area contributed by atoms with Crippen LogP contribution in [0.5, 0.6) is 5.88 Å². The molecule has 55 valence electrons. The van der Waals surface area contributed by atoms with Crippen molar-refractivity contribution in [3.05, 3.63) is 16.6 Å². The zero-order valence-corrected chi connectivity index (χ0v) is 5.62. The van der Waals surface area contributed by atoms with Gasteiger partial charge in [-0.1, -0.05) is 0 Å². The van der Waals surface area contributed by atoms with Crippen molar-refractivity contribution in [3.63, 3.8) is 0 Å². The zero-order chi connectivity index (χ0) is 7.84. The van der Waals surface area contributed by atoms with Gasteiger partial charge in [0.2, 0.25) is 11.2 Å². The number of nitrogens with zero attached hydrogens (tertiary/aromatic N) is 2. The molecule has 3 rings (SSSR count). The fraction of sp³-hybridized carbons (Fsp3) is 0.167. The second kappa shape index (κ2) is 1.91. The molecular formula is C6H3N2O3. The second-order valence-corrected chi connectivity index (χ2v) is 1.89. The molecule has 0 fully saturated rings. The Labute approximate surface area is 61.0 Å². The molecule has 5 heteroatoms. The van der Waals surface area contributed by atoms with Crippen molar-refractivity contribution in [1.82, 2.24) is 9.97 Å². The standard InChI is InChI=1S/C6H3N2O3/c1-10-5-3-2-7-4(8-5)6(9)11-3/h1H3. The number of rotatable bonds is 1. The van der Waals surface area contributed by atoms with Crippen LogP contribution in [0.1, 0.15) is 0 Å². The Morgan fingerprint density at radius 2 is 2.45 bits per heavy atom. The van der Waals surface area contributed by atoms with Gasteiger partial charge in [0.25, 0.3) is 5.88 Å². The van der Waals surface area contributed by atoms with Gasteiger partial charge in [-0.15, -0.1) is 0 Å². The van der Waals surface area contributed by atoms with E-state index in [0.29, 0.717) is 0 Å². The highest BCUT2D eigenvalue weighted by atomic mass is 16.5. The highest BCUT2D eigenvalue weighted by Gasteiger charge is 2.10. The number of aromatic nitrogens is 2. The van der Waals surface area contributed by atoms with Crippen LogP contribution in [-0.4, -0.2) is 17.1 Å². The molecule has 0 saturated carbocycles. The minimum absolute atomic E-state index is 0.0168. The first kappa shape index (κ1) is 6.09. The summed E-state index contributed by atoms with van der Waals surface area (Å²) in [6, 6.07) is 0. The average molecular weight is 151 g/mol. The summed E-state index contributed by atoms with van der Waals surface area (Å²) in [6.45, 7) is 0. The third kappa shape index (κ3) is 0.739. The molecule has 3 aromatic heterocycles. The Morgan fingerprint density at radius 3 is 2.91 bits per heavy atom. The first-order chi connectivity index (χ1) is 5.31. The summed E-state index contributed by atoms with van der Waals surface area (Å²) < 4.78 is 9.43. The van der Waals surface area contributed by atoms with Gasteiger partial charge >= 0.3 is 5.63 Å². The van der Waals surface area contributed by atoms with Gasteiger partial charge in [0.1, 0.15) is 6.20 Å². The van der Waals surface area contributed by atoms with E-state index < -0.39 is 5.63 Å². The van der Waals surface area contributed by atoms with Gasteiger partial charge in [-0.3, -0.25) is 0 Å². The summed E-state index contributed by atoms with van der Waals surface area (Å²) >= 11 is 0.